The van der Waals surface area contributed by atoms with Crippen molar-refractivity contribution in [2.45, 2.75) is 25.7 Å². The first kappa shape index (κ1) is 17.4. The van der Waals surface area contributed by atoms with Crippen LogP contribution in [0.5, 0.6) is 0 Å². The third-order valence-corrected chi connectivity index (χ3v) is 3.53. The second-order valence-corrected chi connectivity index (χ2v) is 5.17. The highest BCUT2D eigenvalue weighted by Gasteiger charge is 2.54. The van der Waals surface area contributed by atoms with Gasteiger partial charge in [0.1, 0.15) is 0 Å². The van der Waals surface area contributed by atoms with Crippen molar-refractivity contribution in [2.24, 2.45) is 11.3 Å². The highest BCUT2D eigenvalue weighted by Crippen LogP contribution is 2.53. The Bertz CT molecular complexity index is 397. The molecule has 21 heavy (non-hydrogen) atoms. The van der Waals surface area contributed by atoms with E-state index >= 15 is 0 Å². The highest BCUT2D eigenvalue weighted by atomic mass is 16.5. The monoisotopic (exact) mass is 291 g/mol. The van der Waals surface area contributed by atoms with Crippen molar-refractivity contribution in [3.63, 3.8) is 0 Å². The molecule has 1 rings (SSSR count). The van der Waals surface area contributed by atoms with Crippen LogP contribution in [0.4, 0.5) is 0 Å². The molecule has 1 unspecified atom stereocenters. The summed E-state index contributed by atoms with van der Waals surface area (Å²) in [7, 11) is 0. The Morgan fingerprint density at radius 1 is 0.810 bits per heavy atom. The second-order valence-electron chi connectivity index (χ2n) is 5.17. The number of ether oxygens (including phenoxy) is 3. The van der Waals surface area contributed by atoms with E-state index in [9.17, 15) is 0 Å². The fraction of sp³-hybridized carbons (Fsp3) is 0.800. The van der Waals surface area contributed by atoms with Gasteiger partial charge in [0.15, 0.2) is 0 Å². The van der Waals surface area contributed by atoms with Gasteiger partial charge in [-0.1, -0.05) is 0 Å². The molecule has 6 heteroatoms. The van der Waals surface area contributed by atoms with E-state index in [-0.39, 0.29) is 5.41 Å². The Morgan fingerprint density at radius 2 is 1.29 bits per heavy atom. The molecule has 1 atom stereocenters. The van der Waals surface area contributed by atoms with E-state index in [4.69, 9.17) is 30.0 Å². The van der Waals surface area contributed by atoms with Crippen molar-refractivity contribution >= 4 is 0 Å². The predicted octanol–water partition coefficient (Wildman–Crippen LogP) is 1.78. The first-order chi connectivity index (χ1) is 10.3. The van der Waals surface area contributed by atoms with E-state index in [0.717, 1.165) is 6.42 Å². The molecule has 0 N–H and O–H groups in total. The lowest BCUT2D eigenvalue weighted by Crippen LogP contribution is -2.22. The average molecular weight is 291 g/mol. The summed E-state index contributed by atoms with van der Waals surface area (Å²) in [6.45, 7) is 3.01. The molecule has 1 saturated carbocycles. The molecule has 114 valence electrons. The molecular weight excluding hydrogens is 270 g/mol. The largest absolute Gasteiger partial charge is 0.380 e. The van der Waals surface area contributed by atoms with E-state index in [0.29, 0.717) is 64.8 Å². The van der Waals surface area contributed by atoms with Gasteiger partial charge >= 0.3 is 0 Å². The summed E-state index contributed by atoms with van der Waals surface area (Å²) in [5.74, 6) is 0.361. The summed E-state index contributed by atoms with van der Waals surface area (Å²) in [5.41, 5.74) is -0.0580. The summed E-state index contributed by atoms with van der Waals surface area (Å²) in [6, 6.07) is 6.14. The molecule has 0 aromatic carbocycles. The number of hydrogen-bond donors (Lipinski definition) is 0. The SMILES string of the molecule is N#CCCOCC1CC1(COCCC#N)COCCC#N. The van der Waals surface area contributed by atoms with Crippen molar-refractivity contribution in [3.8, 4) is 18.2 Å². The lowest BCUT2D eigenvalue weighted by Gasteiger charge is -2.17. The van der Waals surface area contributed by atoms with Gasteiger partial charge in [-0.05, 0) is 12.3 Å². The molecule has 0 saturated heterocycles. The van der Waals surface area contributed by atoms with Crippen molar-refractivity contribution in [1.82, 2.24) is 0 Å². The maximum atomic E-state index is 8.50. The Balaban J connectivity index is 2.29. The minimum absolute atomic E-state index is 0.0580. The van der Waals surface area contributed by atoms with E-state index in [2.05, 4.69) is 0 Å². The predicted molar refractivity (Wildman–Crippen MR) is 73.7 cm³/mol. The molecule has 0 heterocycles. The fourth-order valence-corrected chi connectivity index (χ4v) is 2.19. The van der Waals surface area contributed by atoms with Crippen LogP contribution < -0.4 is 0 Å². The van der Waals surface area contributed by atoms with E-state index in [1.807, 2.05) is 18.2 Å². The molecule has 0 bridgehead atoms. The molecule has 0 aromatic rings. The van der Waals surface area contributed by atoms with Crippen LogP contribution in [0.3, 0.4) is 0 Å². The smallest absolute Gasteiger partial charge is 0.0645 e. The molecule has 0 aliphatic heterocycles. The van der Waals surface area contributed by atoms with Crippen LogP contribution in [-0.4, -0.2) is 39.6 Å². The fourth-order valence-electron chi connectivity index (χ4n) is 2.19. The number of rotatable bonds is 12. The van der Waals surface area contributed by atoms with Gasteiger partial charge in [-0.15, -0.1) is 0 Å². The average Bonchev–Trinajstić information content (AvgIpc) is 3.18. The van der Waals surface area contributed by atoms with Crippen LogP contribution in [0, 0.1) is 45.3 Å². The van der Waals surface area contributed by atoms with Crippen LogP contribution in [0.25, 0.3) is 0 Å². The third kappa shape index (κ3) is 6.56. The molecule has 0 amide bonds. The van der Waals surface area contributed by atoms with Crippen LogP contribution >= 0.6 is 0 Å². The Hall–Kier alpha value is -1.65. The third-order valence-electron chi connectivity index (χ3n) is 3.53. The zero-order chi connectivity index (χ0) is 15.4. The Labute approximate surface area is 125 Å². The quantitative estimate of drug-likeness (QED) is 0.508. The van der Waals surface area contributed by atoms with Crippen LogP contribution in [-0.2, 0) is 14.2 Å². The zero-order valence-electron chi connectivity index (χ0n) is 12.2. The van der Waals surface area contributed by atoms with E-state index in [1.165, 1.54) is 0 Å². The standard InChI is InChI=1S/C15H21N3O3/c16-4-1-7-19-11-14-10-15(14,12-20-8-2-5-17)13-21-9-3-6-18/h14H,1-3,7-13H2. The van der Waals surface area contributed by atoms with Crippen molar-refractivity contribution < 1.29 is 14.2 Å². The molecule has 6 nitrogen and oxygen atoms in total. The Kier molecular flexibility index (Phi) is 8.40. The maximum Gasteiger partial charge on any atom is 0.0645 e. The van der Waals surface area contributed by atoms with Gasteiger partial charge in [-0.25, -0.2) is 0 Å². The summed E-state index contributed by atoms with van der Waals surface area (Å²) in [4.78, 5) is 0. The van der Waals surface area contributed by atoms with Gasteiger partial charge in [0.05, 0.1) is 77.1 Å². The van der Waals surface area contributed by atoms with Crippen molar-refractivity contribution in [2.75, 3.05) is 39.6 Å². The maximum absolute atomic E-state index is 8.50. The van der Waals surface area contributed by atoms with E-state index < -0.39 is 0 Å². The number of nitriles is 3. The summed E-state index contributed by atoms with van der Waals surface area (Å²) >= 11 is 0. The first-order valence-electron chi connectivity index (χ1n) is 7.13. The zero-order valence-corrected chi connectivity index (χ0v) is 12.2. The van der Waals surface area contributed by atoms with Crippen LogP contribution in [0.15, 0.2) is 0 Å². The van der Waals surface area contributed by atoms with E-state index in [1.54, 1.807) is 0 Å². The normalized spacial score (nSPS) is 18.4. The molecule has 1 aliphatic rings. The van der Waals surface area contributed by atoms with Crippen LogP contribution in [0.1, 0.15) is 25.7 Å². The summed E-state index contributed by atoms with van der Waals surface area (Å²) in [6.07, 6.45) is 2.12. The van der Waals surface area contributed by atoms with Gasteiger partial charge in [0.2, 0.25) is 0 Å². The van der Waals surface area contributed by atoms with Crippen LogP contribution in [0.2, 0.25) is 0 Å². The van der Waals surface area contributed by atoms with Gasteiger partial charge < -0.3 is 14.2 Å². The number of hydrogen-bond acceptors (Lipinski definition) is 6. The minimum atomic E-state index is -0.0580. The molecule has 1 fully saturated rings. The minimum Gasteiger partial charge on any atom is -0.380 e. The van der Waals surface area contributed by atoms with Gasteiger partial charge in [0, 0.05) is 5.41 Å². The van der Waals surface area contributed by atoms with Gasteiger partial charge in [-0.2, -0.15) is 15.8 Å². The molecule has 0 spiro atoms. The first-order valence-corrected chi connectivity index (χ1v) is 7.13. The lowest BCUT2D eigenvalue weighted by molar-refractivity contribution is 0.0131. The molecule has 0 aromatic heterocycles. The van der Waals surface area contributed by atoms with Crippen molar-refractivity contribution in [3.05, 3.63) is 0 Å². The van der Waals surface area contributed by atoms with Crippen molar-refractivity contribution in [1.29, 1.82) is 15.8 Å². The lowest BCUT2D eigenvalue weighted by atomic mass is 10.1. The molecule has 1 aliphatic carbocycles. The Morgan fingerprint density at radius 3 is 1.76 bits per heavy atom. The number of nitrogens with zero attached hydrogens (tertiary/aromatic N) is 3. The summed E-state index contributed by atoms with van der Waals surface area (Å²) < 4.78 is 16.6. The second kappa shape index (κ2) is 10.1. The molecular formula is C15H21N3O3. The summed E-state index contributed by atoms with van der Waals surface area (Å²) in [5, 5.41) is 25.5. The topological polar surface area (TPSA) is 99.1 Å². The van der Waals surface area contributed by atoms with Gasteiger partial charge in [0.25, 0.3) is 0 Å². The van der Waals surface area contributed by atoms with Gasteiger partial charge in [-0.3, -0.25) is 0 Å². The molecule has 0 radical (unpaired) electrons. The highest BCUT2D eigenvalue weighted by molar-refractivity contribution is 5.02.